The van der Waals surface area contributed by atoms with Gasteiger partial charge in [0.25, 0.3) is 11.6 Å². The van der Waals surface area contributed by atoms with E-state index in [-0.39, 0.29) is 35.4 Å². The average Bonchev–Trinajstić information content (AvgIpc) is 3.01. The summed E-state index contributed by atoms with van der Waals surface area (Å²) in [5, 5.41) is 15.1. The minimum Gasteiger partial charge on any atom is -0.493 e. The van der Waals surface area contributed by atoms with E-state index in [0.717, 1.165) is 18.6 Å². The zero-order chi connectivity index (χ0) is 18.2. The second-order valence-corrected chi connectivity index (χ2v) is 5.59. The van der Waals surface area contributed by atoms with Gasteiger partial charge in [-0.15, -0.1) is 12.4 Å². The van der Waals surface area contributed by atoms with Crippen LogP contribution < -0.4 is 15.2 Å². The summed E-state index contributed by atoms with van der Waals surface area (Å²) >= 11 is 0. The molecule has 1 aliphatic rings. The standard InChI is InChI=1S/C14H14F2N4O5.ClH/c1-23-9-5-7(8(20(21)22)6-10(9)24-13(15)16)11-18-12(19-25-11)14(17)3-2-4-14;/h5-6,13H,2-4,17H2,1H3;1H. The van der Waals surface area contributed by atoms with E-state index in [1.165, 1.54) is 7.11 Å². The summed E-state index contributed by atoms with van der Waals surface area (Å²) in [7, 11) is 1.21. The van der Waals surface area contributed by atoms with Gasteiger partial charge in [0.15, 0.2) is 17.3 Å². The number of nitrogens with two attached hydrogens (primary N) is 1. The van der Waals surface area contributed by atoms with Gasteiger partial charge in [-0.25, -0.2) is 0 Å². The predicted molar refractivity (Wildman–Crippen MR) is 86.5 cm³/mol. The first-order valence-electron chi connectivity index (χ1n) is 7.29. The predicted octanol–water partition coefficient (Wildman–Crippen LogP) is 3.01. The number of nitro benzene ring substituents is 1. The molecule has 2 aromatic rings. The number of rotatable bonds is 6. The van der Waals surface area contributed by atoms with Crippen LogP contribution in [0.5, 0.6) is 11.5 Å². The number of halogens is 3. The lowest BCUT2D eigenvalue weighted by molar-refractivity contribution is -0.384. The number of aromatic nitrogens is 2. The minimum atomic E-state index is -3.16. The Morgan fingerprint density at radius 2 is 2.08 bits per heavy atom. The Kier molecular flexibility index (Phi) is 5.62. The van der Waals surface area contributed by atoms with Crippen molar-refractivity contribution in [3.8, 4) is 23.0 Å². The summed E-state index contributed by atoms with van der Waals surface area (Å²) in [6, 6.07) is 1.96. The second kappa shape index (κ2) is 7.38. The van der Waals surface area contributed by atoms with Crippen molar-refractivity contribution in [2.75, 3.05) is 7.11 Å². The highest BCUT2D eigenvalue weighted by atomic mass is 35.5. The van der Waals surface area contributed by atoms with Crippen molar-refractivity contribution in [1.29, 1.82) is 0 Å². The molecule has 12 heteroatoms. The van der Waals surface area contributed by atoms with Crippen molar-refractivity contribution < 1.29 is 27.7 Å². The molecule has 142 valence electrons. The highest BCUT2D eigenvalue weighted by Gasteiger charge is 2.39. The number of nitrogens with zero attached hydrogens (tertiary/aromatic N) is 3. The van der Waals surface area contributed by atoms with E-state index in [4.69, 9.17) is 15.0 Å². The molecule has 0 atom stereocenters. The van der Waals surface area contributed by atoms with Gasteiger partial charge in [0.1, 0.15) is 5.56 Å². The molecule has 1 saturated carbocycles. The number of alkyl halides is 2. The van der Waals surface area contributed by atoms with Crippen LogP contribution in [0, 0.1) is 10.1 Å². The first kappa shape index (κ1) is 19.8. The minimum absolute atomic E-state index is 0. The third kappa shape index (κ3) is 3.53. The summed E-state index contributed by atoms with van der Waals surface area (Å²) in [5.41, 5.74) is 4.78. The van der Waals surface area contributed by atoms with Crippen LogP contribution in [0.15, 0.2) is 16.7 Å². The van der Waals surface area contributed by atoms with Crippen LogP contribution in [0.3, 0.4) is 0 Å². The number of benzene rings is 1. The molecule has 0 spiro atoms. The molecule has 3 rings (SSSR count). The van der Waals surface area contributed by atoms with E-state index < -0.39 is 28.5 Å². The Morgan fingerprint density at radius 1 is 1.38 bits per heavy atom. The van der Waals surface area contributed by atoms with Gasteiger partial charge in [-0.1, -0.05) is 5.16 Å². The summed E-state index contributed by atoms with van der Waals surface area (Å²) in [6.45, 7) is -3.16. The molecule has 1 aliphatic carbocycles. The molecular weight excluding hydrogens is 378 g/mol. The second-order valence-electron chi connectivity index (χ2n) is 5.59. The molecule has 0 unspecified atom stereocenters. The topological polar surface area (TPSA) is 127 Å². The van der Waals surface area contributed by atoms with E-state index >= 15 is 0 Å². The summed E-state index contributed by atoms with van der Waals surface area (Å²) in [6.07, 6.45) is 2.28. The van der Waals surface area contributed by atoms with Gasteiger partial charge < -0.3 is 19.7 Å². The van der Waals surface area contributed by atoms with E-state index in [1.54, 1.807) is 0 Å². The maximum atomic E-state index is 12.5. The Morgan fingerprint density at radius 3 is 2.58 bits per heavy atom. The van der Waals surface area contributed by atoms with Crippen LogP contribution in [0.2, 0.25) is 0 Å². The Balaban J connectivity index is 0.00000243. The monoisotopic (exact) mass is 392 g/mol. The Bertz CT molecular complexity index is 813. The van der Waals surface area contributed by atoms with E-state index in [2.05, 4.69) is 14.9 Å². The zero-order valence-corrected chi connectivity index (χ0v) is 14.3. The number of nitro groups is 1. The molecule has 1 aromatic carbocycles. The molecule has 1 heterocycles. The molecule has 0 saturated heterocycles. The summed E-state index contributed by atoms with van der Waals surface area (Å²) in [5.74, 6) is -0.510. The number of hydrogen-bond donors (Lipinski definition) is 1. The largest absolute Gasteiger partial charge is 0.493 e. The lowest BCUT2D eigenvalue weighted by Crippen LogP contribution is -2.44. The van der Waals surface area contributed by atoms with Gasteiger partial charge in [0.05, 0.1) is 23.6 Å². The van der Waals surface area contributed by atoms with Crippen LogP contribution in [0.1, 0.15) is 25.1 Å². The van der Waals surface area contributed by atoms with Crippen LogP contribution >= 0.6 is 12.4 Å². The number of hydrogen-bond acceptors (Lipinski definition) is 8. The molecule has 0 amide bonds. The molecule has 1 fully saturated rings. The maximum absolute atomic E-state index is 12.5. The molecule has 2 N–H and O–H groups in total. The van der Waals surface area contributed by atoms with Gasteiger partial charge in [-0.3, -0.25) is 10.1 Å². The molecule has 0 aliphatic heterocycles. The molecule has 0 bridgehead atoms. The van der Waals surface area contributed by atoms with Crippen molar-refractivity contribution in [1.82, 2.24) is 10.1 Å². The van der Waals surface area contributed by atoms with Crippen molar-refractivity contribution in [2.24, 2.45) is 5.73 Å². The van der Waals surface area contributed by atoms with Gasteiger partial charge in [-0.05, 0) is 19.3 Å². The van der Waals surface area contributed by atoms with E-state index in [9.17, 15) is 18.9 Å². The van der Waals surface area contributed by atoms with Crippen LogP contribution in [-0.2, 0) is 5.54 Å². The van der Waals surface area contributed by atoms with Crippen molar-refractivity contribution in [3.63, 3.8) is 0 Å². The lowest BCUT2D eigenvalue weighted by Gasteiger charge is -2.34. The van der Waals surface area contributed by atoms with Gasteiger partial charge in [0.2, 0.25) is 0 Å². The molecule has 26 heavy (non-hydrogen) atoms. The maximum Gasteiger partial charge on any atom is 0.387 e. The fraction of sp³-hybridized carbons (Fsp3) is 0.429. The zero-order valence-electron chi connectivity index (χ0n) is 13.5. The summed E-state index contributed by atoms with van der Waals surface area (Å²) < 4.78 is 39.2. The Labute approximate surface area is 152 Å². The first-order chi connectivity index (χ1) is 11.8. The van der Waals surface area contributed by atoms with Crippen LogP contribution in [0.4, 0.5) is 14.5 Å². The fourth-order valence-electron chi connectivity index (χ4n) is 2.54. The van der Waals surface area contributed by atoms with Crippen molar-refractivity contribution in [2.45, 2.75) is 31.4 Å². The van der Waals surface area contributed by atoms with Gasteiger partial charge in [0, 0.05) is 6.07 Å². The van der Waals surface area contributed by atoms with Gasteiger partial charge >= 0.3 is 6.61 Å². The van der Waals surface area contributed by atoms with Crippen LogP contribution in [-0.4, -0.2) is 28.8 Å². The molecular formula is C14H15ClF2N4O5. The quantitative estimate of drug-likeness (QED) is 0.587. The smallest absolute Gasteiger partial charge is 0.387 e. The number of ether oxygens (including phenoxy) is 2. The molecule has 0 radical (unpaired) electrons. The normalized spacial score (nSPS) is 15.1. The highest BCUT2D eigenvalue weighted by Crippen LogP contribution is 2.42. The van der Waals surface area contributed by atoms with E-state index in [1.807, 2.05) is 0 Å². The van der Waals surface area contributed by atoms with Crippen LogP contribution in [0.25, 0.3) is 11.5 Å². The summed E-state index contributed by atoms with van der Waals surface area (Å²) in [4.78, 5) is 14.7. The molecule has 1 aromatic heterocycles. The fourth-order valence-corrected chi connectivity index (χ4v) is 2.54. The molecule has 9 nitrogen and oxygen atoms in total. The Hall–Kier alpha value is -2.53. The SMILES string of the molecule is COc1cc(-c2nc(C3(N)CCC3)no2)c([N+](=O)[O-])cc1OC(F)F.Cl. The third-order valence-electron chi connectivity index (χ3n) is 4.04. The highest BCUT2D eigenvalue weighted by molar-refractivity contribution is 5.85. The third-order valence-corrected chi connectivity index (χ3v) is 4.04. The first-order valence-corrected chi connectivity index (χ1v) is 7.29. The van der Waals surface area contributed by atoms with Crippen molar-refractivity contribution >= 4 is 18.1 Å². The lowest BCUT2D eigenvalue weighted by atomic mass is 9.77. The van der Waals surface area contributed by atoms with Gasteiger partial charge in [-0.2, -0.15) is 13.8 Å². The number of methoxy groups -OCH3 is 1. The van der Waals surface area contributed by atoms with E-state index in [0.29, 0.717) is 12.8 Å². The van der Waals surface area contributed by atoms with Crippen molar-refractivity contribution in [3.05, 3.63) is 28.1 Å². The average molecular weight is 393 g/mol.